The molecule has 0 saturated carbocycles. The summed E-state index contributed by atoms with van der Waals surface area (Å²) >= 11 is 0. The first-order valence-electron chi connectivity index (χ1n) is 11.7. The topological polar surface area (TPSA) is 105 Å². The normalized spacial score (nSPS) is 18.9. The minimum absolute atomic E-state index is 0.0170. The minimum atomic E-state index is -1.07. The third kappa shape index (κ3) is 4.59. The molecule has 1 aromatic carbocycles. The van der Waals surface area contributed by atoms with Gasteiger partial charge in [0, 0.05) is 50.4 Å². The van der Waals surface area contributed by atoms with Crippen molar-refractivity contribution in [1.82, 2.24) is 20.1 Å². The van der Waals surface area contributed by atoms with Gasteiger partial charge in [0.05, 0.1) is 12.9 Å². The van der Waals surface area contributed by atoms with Crippen LogP contribution in [0.5, 0.6) is 0 Å². The molecule has 4 heterocycles. The van der Waals surface area contributed by atoms with Crippen LogP contribution in [0.25, 0.3) is 0 Å². The lowest BCUT2D eigenvalue weighted by Gasteiger charge is -2.44. The van der Waals surface area contributed by atoms with Crippen molar-refractivity contribution in [2.75, 3.05) is 19.7 Å². The number of halogens is 1. The molecule has 36 heavy (non-hydrogen) atoms. The maximum atomic E-state index is 13.6. The number of likely N-dealkylation sites (tertiary alicyclic amines) is 1. The molecule has 0 radical (unpaired) electrons. The lowest BCUT2D eigenvalue weighted by Crippen LogP contribution is -2.59. The van der Waals surface area contributed by atoms with Crippen LogP contribution in [0, 0.1) is 5.82 Å². The predicted octanol–water partition coefficient (Wildman–Crippen LogP) is 2.60. The minimum Gasteiger partial charge on any atom is -0.459 e. The van der Waals surface area contributed by atoms with Crippen LogP contribution >= 0.6 is 0 Å². The maximum absolute atomic E-state index is 13.6. The quantitative estimate of drug-likeness (QED) is 0.587. The van der Waals surface area contributed by atoms with Gasteiger partial charge in [-0.05, 0) is 42.0 Å². The second kappa shape index (κ2) is 9.90. The summed E-state index contributed by atoms with van der Waals surface area (Å²) in [6, 6.07) is 11.4. The Morgan fingerprint density at radius 3 is 2.61 bits per heavy atom. The van der Waals surface area contributed by atoms with Gasteiger partial charge in [-0.25, -0.2) is 4.39 Å². The number of furan rings is 1. The number of hydrogen-bond donors (Lipinski definition) is 1. The number of aromatic nitrogens is 1. The summed E-state index contributed by atoms with van der Waals surface area (Å²) in [5.74, 6) is -1.48. The van der Waals surface area contributed by atoms with Crippen LogP contribution in [0.3, 0.4) is 0 Å². The number of rotatable bonds is 5. The van der Waals surface area contributed by atoms with Crippen molar-refractivity contribution < 1.29 is 27.9 Å². The number of pyridine rings is 1. The molecule has 2 aliphatic heterocycles. The fourth-order valence-corrected chi connectivity index (χ4v) is 4.76. The van der Waals surface area contributed by atoms with Crippen molar-refractivity contribution in [2.24, 2.45) is 0 Å². The Bertz CT molecular complexity index is 1240. The summed E-state index contributed by atoms with van der Waals surface area (Å²) in [5, 5.41) is 2.86. The Hall–Kier alpha value is -4.05. The highest BCUT2D eigenvalue weighted by Gasteiger charge is 2.54. The van der Waals surface area contributed by atoms with E-state index in [-0.39, 0.29) is 49.4 Å². The molecule has 0 bridgehead atoms. The molecule has 5 rings (SSSR count). The monoisotopic (exact) mass is 492 g/mol. The van der Waals surface area contributed by atoms with Gasteiger partial charge < -0.3 is 19.4 Å². The Balaban J connectivity index is 1.33. The molecular formula is C26H25FN4O5. The lowest BCUT2D eigenvalue weighted by molar-refractivity contribution is -0.128. The number of amides is 3. The summed E-state index contributed by atoms with van der Waals surface area (Å²) in [6.45, 7) is 0.834. The van der Waals surface area contributed by atoms with E-state index in [4.69, 9.17) is 9.15 Å². The van der Waals surface area contributed by atoms with E-state index in [2.05, 4.69) is 10.3 Å². The molecule has 3 aromatic rings. The highest BCUT2D eigenvalue weighted by molar-refractivity contribution is 5.97. The highest BCUT2D eigenvalue weighted by atomic mass is 19.1. The van der Waals surface area contributed by atoms with Crippen molar-refractivity contribution in [1.29, 1.82) is 0 Å². The first-order valence-corrected chi connectivity index (χ1v) is 11.7. The summed E-state index contributed by atoms with van der Waals surface area (Å²) < 4.78 is 25.1. The van der Waals surface area contributed by atoms with Gasteiger partial charge in [0.25, 0.3) is 11.8 Å². The van der Waals surface area contributed by atoms with Crippen LogP contribution in [0.15, 0.2) is 71.6 Å². The van der Waals surface area contributed by atoms with E-state index < -0.39 is 23.5 Å². The number of hydrogen-bond acceptors (Lipinski definition) is 6. The zero-order valence-corrected chi connectivity index (χ0v) is 19.4. The smallest absolute Gasteiger partial charge is 0.292 e. The fourth-order valence-electron chi connectivity index (χ4n) is 4.76. The first-order chi connectivity index (χ1) is 17.5. The maximum Gasteiger partial charge on any atom is 0.292 e. The van der Waals surface area contributed by atoms with Crippen molar-refractivity contribution in [3.05, 3.63) is 89.9 Å². The molecule has 1 unspecified atom stereocenters. The molecule has 2 aromatic heterocycles. The number of carbonyl (C=O) groups excluding carboxylic acids is 3. The standard InChI is InChI=1S/C26H25FN4O5/c27-20-6-1-5-19(14-20)24(33)30-11-8-26(9-12-30)31(25(34)22-7-3-13-35-22)21(17-36-26)23(32)29-16-18-4-2-10-28-15-18/h1-7,10,13-15,21H,8-9,11-12,16-17H2,(H,29,32). The van der Waals surface area contributed by atoms with Crippen LogP contribution in [0.2, 0.25) is 0 Å². The second-order valence-corrected chi connectivity index (χ2v) is 8.81. The summed E-state index contributed by atoms with van der Waals surface area (Å²) in [7, 11) is 0. The van der Waals surface area contributed by atoms with E-state index in [1.54, 1.807) is 41.6 Å². The third-order valence-electron chi connectivity index (χ3n) is 6.61. The van der Waals surface area contributed by atoms with Gasteiger partial charge in [-0.15, -0.1) is 0 Å². The predicted molar refractivity (Wildman–Crippen MR) is 125 cm³/mol. The van der Waals surface area contributed by atoms with Gasteiger partial charge >= 0.3 is 0 Å². The lowest BCUT2D eigenvalue weighted by atomic mass is 9.96. The van der Waals surface area contributed by atoms with Gasteiger partial charge in [-0.3, -0.25) is 24.3 Å². The largest absolute Gasteiger partial charge is 0.459 e. The summed E-state index contributed by atoms with van der Waals surface area (Å²) in [5.41, 5.74) is 0.0147. The number of piperidine rings is 1. The Kier molecular flexibility index (Phi) is 6.51. The van der Waals surface area contributed by atoms with E-state index in [0.717, 1.165) is 5.56 Å². The van der Waals surface area contributed by atoms with Gasteiger partial charge in [0.1, 0.15) is 17.6 Å². The van der Waals surface area contributed by atoms with Gasteiger partial charge in [-0.1, -0.05) is 12.1 Å². The number of nitrogens with one attached hydrogen (secondary N) is 1. The second-order valence-electron chi connectivity index (χ2n) is 8.81. The number of carbonyl (C=O) groups is 3. The Labute approximate surface area is 206 Å². The Morgan fingerprint density at radius 2 is 1.92 bits per heavy atom. The van der Waals surface area contributed by atoms with Crippen LogP contribution in [0.1, 0.15) is 39.3 Å². The first kappa shape index (κ1) is 23.7. The van der Waals surface area contributed by atoms with Crippen LogP contribution in [-0.4, -0.2) is 64.0 Å². The average Bonchev–Trinajstić information content (AvgIpc) is 3.57. The van der Waals surface area contributed by atoms with Crippen molar-refractivity contribution in [3.63, 3.8) is 0 Å². The van der Waals surface area contributed by atoms with Gasteiger partial charge in [-0.2, -0.15) is 0 Å². The number of nitrogens with zero attached hydrogens (tertiary/aromatic N) is 3. The summed E-state index contributed by atoms with van der Waals surface area (Å²) in [6.07, 6.45) is 5.30. The molecule has 186 valence electrons. The average molecular weight is 493 g/mol. The molecule has 2 fully saturated rings. The number of ether oxygens (including phenoxy) is 1. The third-order valence-corrected chi connectivity index (χ3v) is 6.61. The Morgan fingerprint density at radius 1 is 1.08 bits per heavy atom. The van der Waals surface area contributed by atoms with E-state index in [9.17, 15) is 18.8 Å². The van der Waals surface area contributed by atoms with E-state index in [1.807, 2.05) is 6.07 Å². The van der Waals surface area contributed by atoms with Gasteiger partial charge in [0.2, 0.25) is 5.91 Å². The molecule has 10 heteroatoms. The SMILES string of the molecule is O=C(NCc1cccnc1)C1COC2(CCN(C(=O)c3cccc(F)c3)CC2)N1C(=O)c1ccco1. The summed E-state index contributed by atoms with van der Waals surface area (Å²) in [4.78, 5) is 46.7. The zero-order chi connectivity index (χ0) is 25.1. The molecule has 2 saturated heterocycles. The highest BCUT2D eigenvalue weighted by Crippen LogP contribution is 2.39. The molecule has 3 amide bonds. The van der Waals surface area contributed by atoms with Crippen LogP contribution < -0.4 is 5.32 Å². The molecule has 1 atom stereocenters. The molecule has 1 N–H and O–H groups in total. The molecular weight excluding hydrogens is 467 g/mol. The van der Waals surface area contributed by atoms with E-state index >= 15 is 0 Å². The fraction of sp³-hybridized carbons (Fsp3) is 0.308. The molecule has 2 aliphatic rings. The van der Waals surface area contributed by atoms with E-state index in [0.29, 0.717) is 12.8 Å². The zero-order valence-electron chi connectivity index (χ0n) is 19.4. The number of benzene rings is 1. The molecule has 9 nitrogen and oxygen atoms in total. The van der Waals surface area contributed by atoms with Crippen molar-refractivity contribution in [2.45, 2.75) is 31.2 Å². The van der Waals surface area contributed by atoms with Crippen molar-refractivity contribution in [3.8, 4) is 0 Å². The van der Waals surface area contributed by atoms with Crippen LogP contribution in [-0.2, 0) is 16.1 Å². The van der Waals surface area contributed by atoms with Gasteiger partial charge in [0.15, 0.2) is 5.76 Å². The van der Waals surface area contributed by atoms with E-state index in [1.165, 1.54) is 29.4 Å². The van der Waals surface area contributed by atoms with Crippen LogP contribution in [0.4, 0.5) is 4.39 Å². The van der Waals surface area contributed by atoms with Crippen molar-refractivity contribution >= 4 is 17.7 Å². The molecule has 1 spiro atoms. The molecule has 0 aliphatic carbocycles.